The minimum absolute atomic E-state index is 0.0883. The predicted octanol–water partition coefficient (Wildman–Crippen LogP) is 3.11. The van der Waals surface area contributed by atoms with Crippen LogP contribution in [0.4, 0.5) is 0 Å². The first-order chi connectivity index (χ1) is 13.9. The summed E-state index contributed by atoms with van der Waals surface area (Å²) >= 11 is 0. The van der Waals surface area contributed by atoms with Crippen LogP contribution in [0.25, 0.3) is 0 Å². The Morgan fingerprint density at radius 2 is 1.86 bits per heavy atom. The molecule has 1 fully saturated rings. The fourth-order valence-corrected chi connectivity index (χ4v) is 4.88. The molecule has 7 heteroatoms. The molecule has 0 amide bonds. The molecule has 1 aliphatic rings. The fourth-order valence-electron chi connectivity index (χ4n) is 3.53. The molecule has 0 radical (unpaired) electrons. The van der Waals surface area contributed by atoms with Gasteiger partial charge in [0.2, 0.25) is 10.0 Å². The second-order valence-electron chi connectivity index (χ2n) is 7.35. The molecule has 0 unspecified atom stereocenters. The van der Waals surface area contributed by atoms with Crippen LogP contribution >= 0.6 is 0 Å². The monoisotopic (exact) mass is 416 g/mol. The van der Waals surface area contributed by atoms with Crippen LogP contribution in [-0.4, -0.2) is 45.0 Å². The van der Waals surface area contributed by atoms with Crippen LogP contribution in [0.2, 0.25) is 0 Å². The molecule has 1 heterocycles. The van der Waals surface area contributed by atoms with Gasteiger partial charge in [-0.25, -0.2) is 17.9 Å². The number of piperidine rings is 1. The number of carbonyl (C=O) groups is 1. The summed E-state index contributed by atoms with van der Waals surface area (Å²) in [5, 5.41) is 0. The second-order valence-corrected chi connectivity index (χ2v) is 9.06. The quantitative estimate of drug-likeness (QED) is 0.702. The average molecular weight is 417 g/mol. The number of aryl methyl sites for hydroxylation is 1. The lowest BCUT2D eigenvalue weighted by Crippen LogP contribution is -2.44. The molecule has 0 saturated carbocycles. The van der Waals surface area contributed by atoms with Crippen molar-refractivity contribution in [2.24, 2.45) is 0 Å². The molecular weight excluding hydrogens is 388 g/mol. The Labute approximate surface area is 172 Å². The SMILES string of the molecule is CCOC(=O)c1cccc(S(=O)(=O)NC2CCN(Cc3ccccc3C)CC2)c1. The van der Waals surface area contributed by atoms with Gasteiger partial charge < -0.3 is 4.74 Å². The van der Waals surface area contributed by atoms with Crippen LogP contribution in [0, 0.1) is 6.92 Å². The Kier molecular flexibility index (Phi) is 7.05. The highest BCUT2D eigenvalue weighted by atomic mass is 32.2. The Balaban J connectivity index is 1.59. The zero-order valence-corrected chi connectivity index (χ0v) is 17.7. The van der Waals surface area contributed by atoms with Crippen LogP contribution in [0.5, 0.6) is 0 Å². The molecule has 156 valence electrons. The molecule has 1 saturated heterocycles. The van der Waals surface area contributed by atoms with Gasteiger partial charge in [-0.1, -0.05) is 30.3 Å². The Bertz CT molecular complexity index is 951. The average Bonchev–Trinajstić information content (AvgIpc) is 2.71. The number of ether oxygens (including phenoxy) is 1. The third kappa shape index (κ3) is 5.65. The first kappa shape index (κ1) is 21.5. The smallest absolute Gasteiger partial charge is 0.338 e. The van der Waals surface area contributed by atoms with Gasteiger partial charge in [-0.2, -0.15) is 0 Å². The third-order valence-corrected chi connectivity index (χ3v) is 6.74. The molecule has 0 aromatic heterocycles. The predicted molar refractivity (Wildman–Crippen MR) is 112 cm³/mol. The Hall–Kier alpha value is -2.22. The number of hydrogen-bond acceptors (Lipinski definition) is 5. The minimum Gasteiger partial charge on any atom is -0.462 e. The second kappa shape index (κ2) is 9.52. The topological polar surface area (TPSA) is 75.7 Å². The van der Waals surface area contributed by atoms with Gasteiger partial charge in [0.25, 0.3) is 0 Å². The summed E-state index contributed by atoms with van der Waals surface area (Å²) < 4.78 is 33.3. The summed E-state index contributed by atoms with van der Waals surface area (Å²) in [6.45, 7) is 6.63. The van der Waals surface area contributed by atoms with Crippen LogP contribution in [0.1, 0.15) is 41.3 Å². The largest absolute Gasteiger partial charge is 0.462 e. The first-order valence-corrected chi connectivity index (χ1v) is 11.4. The van der Waals surface area contributed by atoms with Crippen molar-refractivity contribution >= 4 is 16.0 Å². The van der Waals surface area contributed by atoms with Gasteiger partial charge in [0.05, 0.1) is 17.1 Å². The number of esters is 1. The van der Waals surface area contributed by atoms with E-state index in [4.69, 9.17) is 4.74 Å². The van der Waals surface area contributed by atoms with Gasteiger partial charge in [-0.15, -0.1) is 0 Å². The zero-order chi connectivity index (χ0) is 20.9. The van der Waals surface area contributed by atoms with E-state index in [1.807, 2.05) is 12.1 Å². The number of nitrogens with one attached hydrogen (secondary N) is 1. The lowest BCUT2D eigenvalue weighted by Gasteiger charge is -2.32. The Morgan fingerprint density at radius 3 is 2.55 bits per heavy atom. The molecule has 2 aromatic rings. The fraction of sp³-hybridized carbons (Fsp3) is 0.409. The summed E-state index contributed by atoms with van der Waals surface area (Å²) in [6.07, 6.45) is 1.51. The van der Waals surface area contributed by atoms with Gasteiger partial charge in [0, 0.05) is 25.7 Å². The van der Waals surface area contributed by atoms with Crippen molar-refractivity contribution in [2.45, 2.75) is 44.2 Å². The van der Waals surface area contributed by atoms with Crippen LogP contribution in [0.3, 0.4) is 0 Å². The van der Waals surface area contributed by atoms with E-state index in [1.54, 1.807) is 19.1 Å². The van der Waals surface area contributed by atoms with Gasteiger partial charge in [-0.3, -0.25) is 4.90 Å². The maximum Gasteiger partial charge on any atom is 0.338 e. The van der Waals surface area contributed by atoms with Crippen LogP contribution < -0.4 is 4.72 Å². The summed E-state index contributed by atoms with van der Waals surface area (Å²) in [4.78, 5) is 14.3. The van der Waals surface area contributed by atoms with Gasteiger partial charge in [-0.05, 0) is 56.0 Å². The summed E-state index contributed by atoms with van der Waals surface area (Å²) in [6, 6.07) is 14.2. The molecule has 0 bridgehead atoms. The normalized spacial score (nSPS) is 15.9. The molecule has 6 nitrogen and oxygen atoms in total. The van der Waals surface area contributed by atoms with E-state index in [9.17, 15) is 13.2 Å². The number of hydrogen-bond donors (Lipinski definition) is 1. The molecule has 2 aromatic carbocycles. The molecule has 29 heavy (non-hydrogen) atoms. The lowest BCUT2D eigenvalue weighted by atomic mass is 10.0. The van der Waals surface area contributed by atoms with Crippen molar-refractivity contribution in [3.8, 4) is 0 Å². The molecule has 0 spiro atoms. The maximum absolute atomic E-state index is 12.8. The zero-order valence-electron chi connectivity index (χ0n) is 16.9. The number of likely N-dealkylation sites (tertiary alicyclic amines) is 1. The molecular formula is C22H28N2O4S. The van der Waals surface area contributed by atoms with E-state index in [-0.39, 0.29) is 23.1 Å². The van der Waals surface area contributed by atoms with Crippen molar-refractivity contribution in [1.29, 1.82) is 0 Å². The molecule has 0 aliphatic carbocycles. The van der Waals surface area contributed by atoms with E-state index in [0.29, 0.717) is 0 Å². The van der Waals surface area contributed by atoms with Crippen molar-refractivity contribution < 1.29 is 17.9 Å². The molecule has 0 atom stereocenters. The molecule has 1 aliphatic heterocycles. The van der Waals surface area contributed by atoms with Gasteiger partial charge >= 0.3 is 5.97 Å². The van der Waals surface area contributed by atoms with Crippen LogP contribution in [0.15, 0.2) is 53.4 Å². The maximum atomic E-state index is 12.8. The summed E-state index contributed by atoms with van der Waals surface area (Å²) in [7, 11) is -3.69. The van der Waals surface area contributed by atoms with E-state index in [1.165, 1.54) is 23.3 Å². The number of rotatable bonds is 7. The third-order valence-electron chi connectivity index (χ3n) is 5.22. The highest BCUT2D eigenvalue weighted by molar-refractivity contribution is 7.89. The van der Waals surface area contributed by atoms with Crippen molar-refractivity contribution in [2.75, 3.05) is 19.7 Å². The highest BCUT2D eigenvalue weighted by Gasteiger charge is 2.25. The Morgan fingerprint density at radius 1 is 1.14 bits per heavy atom. The minimum atomic E-state index is -3.69. The number of nitrogens with zero attached hydrogens (tertiary/aromatic N) is 1. The molecule has 1 N–H and O–H groups in total. The first-order valence-electron chi connectivity index (χ1n) is 9.95. The van der Waals surface area contributed by atoms with E-state index < -0.39 is 16.0 Å². The summed E-state index contributed by atoms with van der Waals surface area (Å²) in [5.74, 6) is -0.519. The standard InChI is InChI=1S/C22H28N2O4S/c1-3-28-22(25)18-9-6-10-21(15-18)29(26,27)23-20-11-13-24(14-12-20)16-19-8-5-4-7-17(19)2/h4-10,15,20,23H,3,11-14,16H2,1-2H3. The lowest BCUT2D eigenvalue weighted by molar-refractivity contribution is 0.0526. The van der Waals surface area contributed by atoms with Crippen LogP contribution in [-0.2, 0) is 21.3 Å². The van der Waals surface area contributed by atoms with E-state index in [0.717, 1.165) is 32.5 Å². The van der Waals surface area contributed by atoms with Crippen molar-refractivity contribution in [3.63, 3.8) is 0 Å². The van der Waals surface area contributed by atoms with Gasteiger partial charge in [0.1, 0.15) is 0 Å². The highest BCUT2D eigenvalue weighted by Crippen LogP contribution is 2.19. The number of carbonyl (C=O) groups excluding carboxylic acids is 1. The summed E-state index contributed by atoms with van der Waals surface area (Å²) in [5.41, 5.74) is 2.82. The van der Waals surface area contributed by atoms with Gasteiger partial charge in [0.15, 0.2) is 0 Å². The molecule has 3 rings (SSSR count). The van der Waals surface area contributed by atoms with E-state index >= 15 is 0 Å². The van der Waals surface area contributed by atoms with Crippen molar-refractivity contribution in [3.05, 3.63) is 65.2 Å². The van der Waals surface area contributed by atoms with E-state index in [2.05, 4.69) is 28.7 Å². The van der Waals surface area contributed by atoms with Crippen molar-refractivity contribution in [1.82, 2.24) is 9.62 Å². The number of benzene rings is 2. The number of sulfonamides is 1.